The van der Waals surface area contributed by atoms with E-state index in [0.29, 0.717) is 5.02 Å². The maximum absolute atomic E-state index is 12.8. The van der Waals surface area contributed by atoms with Crippen LogP contribution in [-0.2, 0) is 0 Å². The smallest absolute Gasteiger partial charge is 0.124 e. The van der Waals surface area contributed by atoms with Gasteiger partial charge in [0, 0.05) is 17.0 Å². The highest BCUT2D eigenvalue weighted by Crippen LogP contribution is 2.58. The summed E-state index contributed by atoms with van der Waals surface area (Å²) in [5, 5.41) is 0.482. The van der Waals surface area contributed by atoms with Crippen LogP contribution in [0.4, 0.5) is 4.39 Å². The Labute approximate surface area is 88.1 Å². The summed E-state index contributed by atoms with van der Waals surface area (Å²) < 4.78 is 12.8. The molecule has 3 heteroatoms. The Morgan fingerprint density at radius 3 is 2.43 bits per heavy atom. The molecule has 0 aliphatic heterocycles. The minimum atomic E-state index is -0.300. The molecule has 2 rings (SSSR count). The molecule has 1 saturated carbocycles. The van der Waals surface area contributed by atoms with Crippen LogP contribution >= 0.6 is 11.6 Å². The summed E-state index contributed by atoms with van der Waals surface area (Å²) in [6.45, 7) is 4.20. The van der Waals surface area contributed by atoms with E-state index >= 15 is 0 Å². The molecule has 1 fully saturated rings. The van der Waals surface area contributed by atoms with E-state index in [1.165, 1.54) is 12.1 Å². The van der Waals surface area contributed by atoms with Gasteiger partial charge in [0.1, 0.15) is 5.82 Å². The molecule has 0 bridgehead atoms. The zero-order valence-corrected chi connectivity index (χ0v) is 8.98. The van der Waals surface area contributed by atoms with Gasteiger partial charge in [0.15, 0.2) is 0 Å². The SMILES string of the molecule is CC1(C)C(N)C1c1ccc(F)cc1Cl. The fourth-order valence-corrected chi connectivity index (χ4v) is 2.31. The lowest BCUT2D eigenvalue weighted by Crippen LogP contribution is -2.06. The second-order valence-corrected chi connectivity index (χ2v) is 4.90. The van der Waals surface area contributed by atoms with Crippen LogP contribution in [0.25, 0.3) is 0 Å². The van der Waals surface area contributed by atoms with Crippen molar-refractivity contribution in [2.75, 3.05) is 0 Å². The molecular weight excluding hydrogens is 201 g/mol. The third-order valence-corrected chi connectivity index (χ3v) is 3.54. The average molecular weight is 214 g/mol. The lowest BCUT2D eigenvalue weighted by Gasteiger charge is -2.05. The maximum atomic E-state index is 12.8. The number of nitrogens with two attached hydrogens (primary N) is 1. The first-order valence-electron chi connectivity index (χ1n) is 4.65. The molecule has 1 nitrogen and oxygen atoms in total. The molecule has 2 atom stereocenters. The van der Waals surface area contributed by atoms with E-state index in [1.807, 2.05) is 0 Å². The highest BCUT2D eigenvalue weighted by molar-refractivity contribution is 6.31. The lowest BCUT2D eigenvalue weighted by molar-refractivity contribution is 0.597. The van der Waals surface area contributed by atoms with Gasteiger partial charge in [-0.25, -0.2) is 4.39 Å². The van der Waals surface area contributed by atoms with Gasteiger partial charge in [-0.15, -0.1) is 0 Å². The summed E-state index contributed by atoms with van der Waals surface area (Å²) in [6, 6.07) is 4.64. The third kappa shape index (κ3) is 1.33. The van der Waals surface area contributed by atoms with Crippen LogP contribution in [0.2, 0.25) is 5.02 Å². The molecule has 1 aliphatic rings. The Morgan fingerprint density at radius 2 is 2.00 bits per heavy atom. The van der Waals surface area contributed by atoms with Gasteiger partial charge < -0.3 is 5.73 Å². The summed E-state index contributed by atoms with van der Waals surface area (Å²) in [6.07, 6.45) is 0. The van der Waals surface area contributed by atoms with Crippen LogP contribution in [0.5, 0.6) is 0 Å². The molecular formula is C11H13ClFN. The number of rotatable bonds is 1. The molecule has 2 unspecified atom stereocenters. The van der Waals surface area contributed by atoms with Crippen LogP contribution in [0.3, 0.4) is 0 Å². The minimum absolute atomic E-state index is 0.0848. The molecule has 1 aliphatic carbocycles. The van der Waals surface area contributed by atoms with Gasteiger partial charge in [0.05, 0.1) is 0 Å². The van der Waals surface area contributed by atoms with Crippen LogP contribution in [-0.4, -0.2) is 6.04 Å². The minimum Gasteiger partial charge on any atom is -0.327 e. The van der Waals surface area contributed by atoms with Crippen molar-refractivity contribution < 1.29 is 4.39 Å². The largest absolute Gasteiger partial charge is 0.327 e. The van der Waals surface area contributed by atoms with Crippen LogP contribution in [0, 0.1) is 11.2 Å². The zero-order valence-electron chi connectivity index (χ0n) is 8.22. The van der Waals surface area contributed by atoms with Crippen molar-refractivity contribution in [3.63, 3.8) is 0 Å². The molecule has 0 spiro atoms. The highest BCUT2D eigenvalue weighted by Gasteiger charge is 2.56. The molecule has 0 amide bonds. The molecule has 0 aromatic heterocycles. The van der Waals surface area contributed by atoms with Crippen molar-refractivity contribution in [1.29, 1.82) is 0 Å². The maximum Gasteiger partial charge on any atom is 0.124 e. The topological polar surface area (TPSA) is 26.0 Å². The van der Waals surface area contributed by atoms with Crippen LogP contribution in [0.1, 0.15) is 25.3 Å². The third-order valence-electron chi connectivity index (χ3n) is 3.21. The summed E-state index contributed by atoms with van der Waals surface area (Å²) in [7, 11) is 0. The second kappa shape index (κ2) is 2.94. The molecule has 1 aromatic carbocycles. The van der Waals surface area contributed by atoms with E-state index in [9.17, 15) is 4.39 Å². The predicted molar refractivity (Wildman–Crippen MR) is 55.9 cm³/mol. The molecule has 0 heterocycles. The first-order chi connectivity index (χ1) is 6.44. The van der Waals surface area contributed by atoms with E-state index in [2.05, 4.69) is 13.8 Å². The Morgan fingerprint density at radius 1 is 1.43 bits per heavy atom. The molecule has 76 valence electrons. The van der Waals surface area contributed by atoms with E-state index in [-0.39, 0.29) is 23.2 Å². The fourth-order valence-electron chi connectivity index (χ4n) is 2.03. The van der Waals surface area contributed by atoms with Gasteiger partial charge in [0.25, 0.3) is 0 Å². The molecule has 2 N–H and O–H groups in total. The molecule has 1 aromatic rings. The van der Waals surface area contributed by atoms with Crippen molar-refractivity contribution in [1.82, 2.24) is 0 Å². The van der Waals surface area contributed by atoms with Gasteiger partial charge in [-0.05, 0) is 23.1 Å². The van der Waals surface area contributed by atoms with E-state index in [4.69, 9.17) is 17.3 Å². The van der Waals surface area contributed by atoms with Gasteiger partial charge in [-0.2, -0.15) is 0 Å². The molecule has 0 saturated heterocycles. The van der Waals surface area contributed by atoms with Crippen molar-refractivity contribution in [3.8, 4) is 0 Å². The van der Waals surface area contributed by atoms with Gasteiger partial charge in [-0.1, -0.05) is 31.5 Å². The van der Waals surface area contributed by atoms with Gasteiger partial charge in [0.2, 0.25) is 0 Å². The molecule has 0 radical (unpaired) electrons. The van der Waals surface area contributed by atoms with E-state index in [1.54, 1.807) is 6.07 Å². The van der Waals surface area contributed by atoms with Crippen molar-refractivity contribution in [3.05, 3.63) is 34.6 Å². The average Bonchev–Trinajstić information content (AvgIpc) is 2.54. The quantitative estimate of drug-likeness (QED) is 0.763. The standard InChI is InChI=1S/C11H13ClFN/c1-11(2)9(10(11)14)7-4-3-6(13)5-8(7)12/h3-5,9-10H,14H2,1-2H3. The lowest BCUT2D eigenvalue weighted by atomic mass is 10.0. The monoisotopic (exact) mass is 213 g/mol. The summed E-state index contributed by atoms with van der Waals surface area (Å²) in [5.41, 5.74) is 6.98. The Bertz CT molecular complexity index is 376. The Balaban J connectivity index is 2.36. The van der Waals surface area contributed by atoms with Crippen molar-refractivity contribution in [2.45, 2.75) is 25.8 Å². The normalized spacial score (nSPS) is 28.9. The summed E-state index contributed by atoms with van der Waals surface area (Å²) in [5.74, 6) is -0.0404. The molecule has 14 heavy (non-hydrogen) atoms. The van der Waals surface area contributed by atoms with Gasteiger partial charge in [-0.3, -0.25) is 0 Å². The first-order valence-corrected chi connectivity index (χ1v) is 5.03. The first kappa shape index (κ1) is 9.94. The van der Waals surface area contributed by atoms with Gasteiger partial charge >= 0.3 is 0 Å². The Hall–Kier alpha value is -0.600. The number of hydrogen-bond acceptors (Lipinski definition) is 1. The van der Waals surface area contributed by atoms with Crippen molar-refractivity contribution in [2.24, 2.45) is 11.1 Å². The predicted octanol–water partition coefficient (Wildman–Crippen LogP) is 2.93. The zero-order chi connectivity index (χ0) is 10.5. The second-order valence-electron chi connectivity index (χ2n) is 4.49. The number of benzene rings is 1. The van der Waals surface area contributed by atoms with Crippen LogP contribution in [0.15, 0.2) is 18.2 Å². The Kier molecular flexibility index (Phi) is 2.09. The van der Waals surface area contributed by atoms with E-state index in [0.717, 1.165) is 5.56 Å². The van der Waals surface area contributed by atoms with Crippen LogP contribution < -0.4 is 5.73 Å². The highest BCUT2D eigenvalue weighted by atomic mass is 35.5. The van der Waals surface area contributed by atoms with Crippen molar-refractivity contribution >= 4 is 11.6 Å². The van der Waals surface area contributed by atoms with E-state index < -0.39 is 0 Å². The summed E-state index contributed by atoms with van der Waals surface area (Å²) >= 11 is 5.96. The summed E-state index contributed by atoms with van der Waals surface area (Å²) in [4.78, 5) is 0. The number of hydrogen-bond donors (Lipinski definition) is 1. The number of halogens is 2. The fraction of sp³-hybridized carbons (Fsp3) is 0.455.